The highest BCUT2D eigenvalue weighted by molar-refractivity contribution is 5.71. The third-order valence-corrected chi connectivity index (χ3v) is 6.63. The summed E-state index contributed by atoms with van der Waals surface area (Å²) in [5, 5.41) is 0. The Morgan fingerprint density at radius 2 is 1.52 bits per heavy atom. The molecule has 0 N–H and O–H groups in total. The first-order valence-corrected chi connectivity index (χ1v) is 12.0. The van der Waals surface area contributed by atoms with Crippen LogP contribution in [0.3, 0.4) is 0 Å². The number of hydrogen-bond donors (Lipinski definition) is 0. The summed E-state index contributed by atoms with van der Waals surface area (Å²) in [7, 11) is 0. The van der Waals surface area contributed by atoms with Crippen LogP contribution in [0.4, 0.5) is 13.2 Å². The van der Waals surface area contributed by atoms with E-state index >= 15 is 0 Å². The van der Waals surface area contributed by atoms with Crippen molar-refractivity contribution in [1.29, 1.82) is 0 Å². The molecule has 1 aliphatic rings. The van der Waals surface area contributed by atoms with Gasteiger partial charge in [-0.05, 0) is 59.6 Å². The van der Waals surface area contributed by atoms with Gasteiger partial charge in [0.25, 0.3) is 0 Å². The van der Waals surface area contributed by atoms with Crippen molar-refractivity contribution in [2.75, 3.05) is 6.61 Å². The molecular weight excluding hydrogens is 421 g/mol. The zero-order chi connectivity index (χ0) is 23.4. The van der Waals surface area contributed by atoms with Crippen molar-refractivity contribution in [3.05, 3.63) is 83.2 Å². The van der Waals surface area contributed by atoms with Gasteiger partial charge in [0.05, 0.1) is 12.7 Å². The fourth-order valence-corrected chi connectivity index (χ4v) is 4.76. The topological polar surface area (TPSA) is 9.23 Å². The quantitative estimate of drug-likeness (QED) is 0.349. The first-order valence-electron chi connectivity index (χ1n) is 12.0. The predicted octanol–water partition coefficient (Wildman–Crippen LogP) is 8.45. The standard InChI is InChI=1S/C29H31F3O/c1-3-5-21-12-16-26(29(32)28(21)31)20-9-7-19(8-10-20)22-13-15-25(27(30)17-22)23-11-14-24(6-4-2)33-18-23/h7-10,12-13,15-17,23-24H,3-6,11,14,18H2,1-2H3. The van der Waals surface area contributed by atoms with Gasteiger partial charge >= 0.3 is 0 Å². The van der Waals surface area contributed by atoms with Gasteiger partial charge in [-0.2, -0.15) is 0 Å². The number of hydrogen-bond acceptors (Lipinski definition) is 1. The van der Waals surface area contributed by atoms with Crippen molar-refractivity contribution in [2.24, 2.45) is 0 Å². The van der Waals surface area contributed by atoms with Gasteiger partial charge < -0.3 is 4.74 Å². The van der Waals surface area contributed by atoms with Crippen LogP contribution in [0, 0.1) is 17.5 Å². The Kier molecular flexibility index (Phi) is 7.54. The second-order valence-corrected chi connectivity index (χ2v) is 8.98. The van der Waals surface area contributed by atoms with Gasteiger partial charge in [0.2, 0.25) is 0 Å². The van der Waals surface area contributed by atoms with Crippen LogP contribution >= 0.6 is 0 Å². The summed E-state index contributed by atoms with van der Waals surface area (Å²) in [5.74, 6) is -1.73. The molecule has 4 heteroatoms. The third kappa shape index (κ3) is 5.16. The summed E-state index contributed by atoms with van der Waals surface area (Å²) in [4.78, 5) is 0. The molecule has 2 atom stereocenters. The van der Waals surface area contributed by atoms with Crippen molar-refractivity contribution in [3.63, 3.8) is 0 Å². The molecule has 1 saturated heterocycles. The monoisotopic (exact) mass is 452 g/mol. The van der Waals surface area contributed by atoms with E-state index < -0.39 is 11.6 Å². The molecule has 0 amide bonds. The summed E-state index contributed by atoms with van der Waals surface area (Å²) in [5.41, 5.74) is 3.52. The highest BCUT2D eigenvalue weighted by Crippen LogP contribution is 2.34. The van der Waals surface area contributed by atoms with E-state index in [0.717, 1.165) is 43.2 Å². The van der Waals surface area contributed by atoms with E-state index in [1.807, 2.05) is 31.2 Å². The van der Waals surface area contributed by atoms with Crippen LogP contribution in [-0.4, -0.2) is 12.7 Å². The molecule has 0 bridgehead atoms. The Hall–Kier alpha value is -2.59. The molecule has 0 saturated carbocycles. The fourth-order valence-electron chi connectivity index (χ4n) is 4.76. The molecule has 3 aromatic carbocycles. The molecule has 1 fully saturated rings. The zero-order valence-electron chi connectivity index (χ0n) is 19.3. The Morgan fingerprint density at radius 1 is 0.788 bits per heavy atom. The molecule has 174 valence electrons. The first kappa shape index (κ1) is 23.6. The summed E-state index contributed by atoms with van der Waals surface area (Å²) < 4.78 is 49.8. The summed E-state index contributed by atoms with van der Waals surface area (Å²) in [6.45, 7) is 4.65. The van der Waals surface area contributed by atoms with E-state index in [4.69, 9.17) is 4.74 Å². The lowest BCUT2D eigenvalue weighted by molar-refractivity contribution is -0.00172. The second kappa shape index (κ2) is 10.6. The maximum atomic E-state index is 15.0. The zero-order valence-corrected chi connectivity index (χ0v) is 19.3. The molecule has 1 nitrogen and oxygen atoms in total. The minimum atomic E-state index is -0.819. The minimum Gasteiger partial charge on any atom is -0.378 e. The van der Waals surface area contributed by atoms with Gasteiger partial charge in [-0.25, -0.2) is 13.2 Å². The minimum absolute atomic E-state index is 0.0862. The highest BCUT2D eigenvalue weighted by Gasteiger charge is 2.24. The summed E-state index contributed by atoms with van der Waals surface area (Å²) in [6.07, 6.45) is 5.63. The maximum Gasteiger partial charge on any atom is 0.166 e. The Balaban J connectivity index is 1.51. The van der Waals surface area contributed by atoms with Gasteiger partial charge in [-0.1, -0.05) is 75.2 Å². The van der Waals surface area contributed by atoms with Crippen molar-refractivity contribution in [3.8, 4) is 22.3 Å². The first-order chi connectivity index (χ1) is 16.0. The molecule has 4 rings (SSSR count). The number of rotatable bonds is 7. The average Bonchev–Trinajstić information content (AvgIpc) is 2.83. The van der Waals surface area contributed by atoms with E-state index in [2.05, 4.69) is 6.92 Å². The summed E-state index contributed by atoms with van der Waals surface area (Å²) >= 11 is 0. The smallest absolute Gasteiger partial charge is 0.166 e. The number of halogens is 3. The van der Waals surface area contributed by atoms with Gasteiger partial charge in [-0.3, -0.25) is 0 Å². The Labute approximate surface area is 194 Å². The molecule has 33 heavy (non-hydrogen) atoms. The number of ether oxygens (including phenoxy) is 1. The molecule has 1 heterocycles. The van der Waals surface area contributed by atoms with E-state index in [-0.39, 0.29) is 17.3 Å². The SMILES string of the molecule is CCCc1ccc(-c2ccc(-c3ccc(C4CCC(CCC)OC4)c(F)c3)cc2)c(F)c1F. The molecule has 0 aliphatic carbocycles. The van der Waals surface area contributed by atoms with E-state index in [1.54, 1.807) is 30.3 Å². The molecule has 0 aromatic heterocycles. The number of benzene rings is 3. The van der Waals surface area contributed by atoms with Crippen LogP contribution in [0.1, 0.15) is 63.0 Å². The van der Waals surface area contributed by atoms with Crippen LogP contribution in [-0.2, 0) is 11.2 Å². The average molecular weight is 453 g/mol. The van der Waals surface area contributed by atoms with Crippen LogP contribution in [0.25, 0.3) is 22.3 Å². The lowest BCUT2D eigenvalue weighted by Crippen LogP contribution is -2.25. The van der Waals surface area contributed by atoms with Crippen molar-refractivity contribution < 1.29 is 17.9 Å². The molecule has 0 spiro atoms. The van der Waals surface area contributed by atoms with Crippen molar-refractivity contribution in [1.82, 2.24) is 0 Å². The largest absolute Gasteiger partial charge is 0.378 e. The highest BCUT2D eigenvalue weighted by atomic mass is 19.2. The van der Waals surface area contributed by atoms with E-state index in [0.29, 0.717) is 35.8 Å². The van der Waals surface area contributed by atoms with Crippen molar-refractivity contribution in [2.45, 2.75) is 64.4 Å². The van der Waals surface area contributed by atoms with Crippen LogP contribution in [0.5, 0.6) is 0 Å². The van der Waals surface area contributed by atoms with Crippen molar-refractivity contribution >= 4 is 0 Å². The van der Waals surface area contributed by atoms with Crippen LogP contribution in [0.2, 0.25) is 0 Å². The summed E-state index contributed by atoms with van der Waals surface area (Å²) in [6, 6.07) is 15.8. The molecular formula is C29H31F3O. The Bertz CT molecular complexity index is 1080. The fraction of sp³-hybridized carbons (Fsp3) is 0.379. The maximum absolute atomic E-state index is 15.0. The molecule has 3 aromatic rings. The predicted molar refractivity (Wildman–Crippen MR) is 128 cm³/mol. The second-order valence-electron chi connectivity index (χ2n) is 8.98. The molecule has 1 aliphatic heterocycles. The lowest BCUT2D eigenvalue weighted by Gasteiger charge is -2.29. The van der Waals surface area contributed by atoms with Crippen LogP contribution in [0.15, 0.2) is 54.6 Å². The Morgan fingerprint density at radius 3 is 2.15 bits per heavy atom. The van der Waals surface area contributed by atoms with Gasteiger partial charge in [0.1, 0.15) is 5.82 Å². The lowest BCUT2D eigenvalue weighted by atomic mass is 9.89. The van der Waals surface area contributed by atoms with Gasteiger partial charge in [-0.15, -0.1) is 0 Å². The van der Waals surface area contributed by atoms with E-state index in [9.17, 15) is 13.2 Å². The van der Waals surface area contributed by atoms with E-state index in [1.165, 1.54) is 0 Å². The normalized spacial score (nSPS) is 18.5. The van der Waals surface area contributed by atoms with Gasteiger partial charge in [0.15, 0.2) is 11.6 Å². The number of aryl methyl sites for hydroxylation is 1. The third-order valence-electron chi connectivity index (χ3n) is 6.63. The molecule has 0 radical (unpaired) electrons. The van der Waals surface area contributed by atoms with Crippen LogP contribution < -0.4 is 0 Å². The molecule has 2 unspecified atom stereocenters. The van der Waals surface area contributed by atoms with Gasteiger partial charge in [0, 0.05) is 11.5 Å².